The van der Waals surface area contributed by atoms with Crippen LogP contribution < -0.4 is 5.32 Å². The molecule has 0 saturated heterocycles. The number of thiophene rings is 1. The molecular weight excluding hydrogens is 314 g/mol. The molecule has 0 fully saturated rings. The van der Waals surface area contributed by atoms with Crippen LogP contribution in [0.4, 0.5) is 5.82 Å². The van der Waals surface area contributed by atoms with Gasteiger partial charge in [-0.3, -0.25) is 0 Å². The lowest BCUT2D eigenvalue weighted by Gasteiger charge is -2.20. The number of hydrogen-bond donors (Lipinski definition) is 3. The first-order valence-corrected chi connectivity index (χ1v) is 8.64. The summed E-state index contributed by atoms with van der Waals surface area (Å²) in [5.41, 5.74) is 1.24. The summed E-state index contributed by atoms with van der Waals surface area (Å²) in [6.45, 7) is 5.50. The molecule has 23 heavy (non-hydrogen) atoms. The lowest BCUT2D eigenvalue weighted by molar-refractivity contribution is -0.140. The third kappa shape index (κ3) is 3.03. The largest absolute Gasteiger partial charge is 0.480 e. The van der Waals surface area contributed by atoms with Crippen molar-refractivity contribution in [2.75, 3.05) is 5.32 Å². The van der Waals surface area contributed by atoms with Crippen molar-refractivity contribution in [3.8, 4) is 0 Å². The highest BCUT2D eigenvalue weighted by Crippen LogP contribution is 2.40. The number of anilines is 1. The van der Waals surface area contributed by atoms with E-state index in [-0.39, 0.29) is 0 Å². The maximum Gasteiger partial charge on any atom is 0.328 e. The van der Waals surface area contributed by atoms with Crippen molar-refractivity contribution in [3.63, 3.8) is 0 Å². The molecule has 1 aliphatic rings. The van der Waals surface area contributed by atoms with Gasteiger partial charge in [-0.2, -0.15) is 0 Å². The van der Waals surface area contributed by atoms with Gasteiger partial charge in [0.25, 0.3) is 0 Å². The van der Waals surface area contributed by atoms with E-state index < -0.39 is 18.1 Å². The Labute approximate surface area is 138 Å². The number of carboxylic acid groups (broad SMARTS) is 1. The molecular formula is C16H21N3O3S. The van der Waals surface area contributed by atoms with E-state index in [4.69, 9.17) is 0 Å². The van der Waals surface area contributed by atoms with Crippen molar-refractivity contribution in [1.82, 2.24) is 9.97 Å². The molecule has 0 saturated carbocycles. The number of aliphatic carboxylic acids is 1. The molecule has 0 spiro atoms. The van der Waals surface area contributed by atoms with Crippen molar-refractivity contribution in [2.45, 2.75) is 52.2 Å². The van der Waals surface area contributed by atoms with Crippen molar-refractivity contribution >= 4 is 33.3 Å². The first-order valence-electron chi connectivity index (χ1n) is 7.83. The standard InChI is InChI=1S/C16H21N3O3S/c1-7-4-5-10-11(6-7)23-15-12(10)14(17-9(3)18-15)19-13(8(2)20)16(21)22/h7-8,13,20H,4-6H2,1-3H3,(H,21,22)(H,17,18,19). The normalized spacial score (nSPS) is 20.1. The topological polar surface area (TPSA) is 95.3 Å². The van der Waals surface area contributed by atoms with E-state index in [1.165, 1.54) is 17.4 Å². The molecule has 2 aromatic rings. The number of carbonyl (C=O) groups is 1. The Morgan fingerprint density at radius 3 is 2.83 bits per heavy atom. The zero-order chi connectivity index (χ0) is 16.7. The SMILES string of the molecule is Cc1nc(NC(C(=O)O)C(C)O)c2c3c(sc2n1)CC(C)CC3. The molecule has 0 aliphatic heterocycles. The van der Waals surface area contributed by atoms with Gasteiger partial charge < -0.3 is 15.5 Å². The Hall–Kier alpha value is -1.73. The van der Waals surface area contributed by atoms with Gasteiger partial charge in [-0.25, -0.2) is 14.8 Å². The molecule has 3 N–H and O–H groups in total. The van der Waals surface area contributed by atoms with Crippen LogP contribution in [-0.2, 0) is 17.6 Å². The number of aliphatic hydroxyl groups excluding tert-OH is 1. The molecule has 0 radical (unpaired) electrons. The summed E-state index contributed by atoms with van der Waals surface area (Å²) in [5.74, 6) is 0.682. The summed E-state index contributed by atoms with van der Waals surface area (Å²) in [4.78, 5) is 22.5. The minimum Gasteiger partial charge on any atom is -0.480 e. The predicted octanol–water partition coefficient (Wildman–Crippen LogP) is 2.37. The Morgan fingerprint density at radius 2 is 2.17 bits per heavy atom. The highest BCUT2D eigenvalue weighted by atomic mass is 32.1. The summed E-state index contributed by atoms with van der Waals surface area (Å²) in [6, 6.07) is -1.09. The zero-order valence-electron chi connectivity index (χ0n) is 13.5. The van der Waals surface area contributed by atoms with E-state index >= 15 is 0 Å². The highest BCUT2D eigenvalue weighted by Gasteiger charge is 2.28. The summed E-state index contributed by atoms with van der Waals surface area (Å²) in [5, 5.41) is 22.9. The van der Waals surface area contributed by atoms with Crippen LogP contribution in [0.15, 0.2) is 0 Å². The molecule has 3 atom stereocenters. The molecule has 1 aliphatic carbocycles. The van der Waals surface area contributed by atoms with Gasteiger partial charge in [-0.1, -0.05) is 6.92 Å². The van der Waals surface area contributed by atoms with E-state index in [1.807, 2.05) is 0 Å². The van der Waals surface area contributed by atoms with Crippen molar-refractivity contribution in [3.05, 3.63) is 16.3 Å². The fourth-order valence-corrected chi connectivity index (χ4v) is 4.52. The Balaban J connectivity index is 2.11. The number of nitrogens with one attached hydrogen (secondary N) is 1. The number of fused-ring (bicyclic) bond motifs is 3. The van der Waals surface area contributed by atoms with Gasteiger partial charge in [-0.15, -0.1) is 11.3 Å². The van der Waals surface area contributed by atoms with Crippen LogP contribution in [0, 0.1) is 12.8 Å². The van der Waals surface area contributed by atoms with Crippen molar-refractivity contribution < 1.29 is 15.0 Å². The smallest absolute Gasteiger partial charge is 0.328 e. The fourth-order valence-electron chi connectivity index (χ4n) is 3.09. The molecule has 6 nitrogen and oxygen atoms in total. The van der Waals surface area contributed by atoms with Crippen LogP contribution in [0.2, 0.25) is 0 Å². The molecule has 0 aromatic carbocycles. The van der Waals surface area contributed by atoms with Crippen LogP contribution in [0.5, 0.6) is 0 Å². The lowest BCUT2D eigenvalue weighted by atomic mass is 9.89. The summed E-state index contributed by atoms with van der Waals surface area (Å²) in [6.07, 6.45) is 2.09. The van der Waals surface area contributed by atoms with Crippen LogP contribution in [0.3, 0.4) is 0 Å². The number of rotatable bonds is 4. The van der Waals surface area contributed by atoms with E-state index in [2.05, 4.69) is 22.2 Å². The van der Waals surface area contributed by atoms with E-state index in [0.717, 1.165) is 29.5 Å². The molecule has 7 heteroatoms. The first kappa shape index (κ1) is 16.1. The molecule has 124 valence electrons. The van der Waals surface area contributed by atoms with Gasteiger partial charge in [0.05, 0.1) is 11.5 Å². The molecule has 3 rings (SSSR count). The quantitative estimate of drug-likeness (QED) is 0.794. The van der Waals surface area contributed by atoms with Gasteiger partial charge in [-0.05, 0) is 44.6 Å². The maximum absolute atomic E-state index is 11.4. The maximum atomic E-state index is 11.4. The number of nitrogens with zero attached hydrogens (tertiary/aromatic N) is 2. The van der Waals surface area contributed by atoms with E-state index in [0.29, 0.717) is 17.6 Å². The molecule has 0 amide bonds. The van der Waals surface area contributed by atoms with Crippen LogP contribution in [0.1, 0.15) is 36.5 Å². The minimum atomic E-state index is -1.10. The van der Waals surface area contributed by atoms with Gasteiger partial charge >= 0.3 is 5.97 Å². The molecule has 0 bridgehead atoms. The summed E-state index contributed by atoms with van der Waals surface area (Å²) >= 11 is 1.67. The van der Waals surface area contributed by atoms with Gasteiger partial charge in [0.2, 0.25) is 0 Å². The van der Waals surface area contributed by atoms with Crippen molar-refractivity contribution in [2.24, 2.45) is 5.92 Å². The second-order valence-corrected chi connectivity index (χ2v) is 7.44. The molecule has 2 aromatic heterocycles. The fraction of sp³-hybridized carbons (Fsp3) is 0.562. The van der Waals surface area contributed by atoms with Gasteiger partial charge in [0.15, 0.2) is 6.04 Å². The number of carboxylic acids is 1. The van der Waals surface area contributed by atoms with E-state index in [9.17, 15) is 15.0 Å². The third-order valence-corrected chi connectivity index (χ3v) is 5.46. The number of aryl methyl sites for hydroxylation is 2. The van der Waals surface area contributed by atoms with Crippen LogP contribution >= 0.6 is 11.3 Å². The zero-order valence-corrected chi connectivity index (χ0v) is 14.3. The third-order valence-electron chi connectivity index (χ3n) is 4.31. The minimum absolute atomic E-state index is 0.521. The van der Waals surface area contributed by atoms with Crippen LogP contribution in [0.25, 0.3) is 10.2 Å². The average Bonchev–Trinajstić information content (AvgIpc) is 2.80. The Bertz CT molecular complexity index is 757. The number of aromatic nitrogens is 2. The monoisotopic (exact) mass is 335 g/mol. The van der Waals surface area contributed by atoms with Crippen LogP contribution in [-0.4, -0.2) is 38.3 Å². The molecule has 2 heterocycles. The highest BCUT2D eigenvalue weighted by molar-refractivity contribution is 7.19. The number of aliphatic hydroxyl groups is 1. The van der Waals surface area contributed by atoms with Gasteiger partial charge in [0, 0.05) is 4.88 Å². The average molecular weight is 335 g/mol. The summed E-state index contributed by atoms with van der Waals surface area (Å²) < 4.78 is 0. The van der Waals surface area contributed by atoms with Crippen molar-refractivity contribution in [1.29, 1.82) is 0 Å². The van der Waals surface area contributed by atoms with Gasteiger partial charge in [0.1, 0.15) is 16.5 Å². The van der Waals surface area contributed by atoms with E-state index in [1.54, 1.807) is 18.3 Å². The Kier molecular flexibility index (Phi) is 4.25. The first-order chi connectivity index (χ1) is 10.9. The predicted molar refractivity (Wildman–Crippen MR) is 90.1 cm³/mol. The summed E-state index contributed by atoms with van der Waals surface area (Å²) in [7, 11) is 0. The second-order valence-electron chi connectivity index (χ2n) is 6.35. The Morgan fingerprint density at radius 1 is 1.43 bits per heavy atom. The second kappa shape index (κ2) is 6.05. The number of hydrogen-bond acceptors (Lipinski definition) is 6. The molecule has 3 unspecified atom stereocenters. The lowest BCUT2D eigenvalue weighted by Crippen LogP contribution is -2.39.